The average molecular weight is 425 g/mol. The van der Waals surface area contributed by atoms with Crippen LogP contribution in [0.1, 0.15) is 53.0 Å². The third-order valence-corrected chi connectivity index (χ3v) is 6.06. The Morgan fingerprint density at radius 3 is 2.28 bits per heavy atom. The quantitative estimate of drug-likeness (QED) is 0.654. The van der Waals surface area contributed by atoms with Gasteiger partial charge >= 0.3 is 0 Å². The molecule has 7 heteroatoms. The van der Waals surface area contributed by atoms with Gasteiger partial charge in [0.15, 0.2) is 0 Å². The van der Waals surface area contributed by atoms with Crippen molar-refractivity contribution in [2.24, 2.45) is 11.3 Å². The Hall–Kier alpha value is -1.63. The molecular formula is C22H33ClN2O4. The summed E-state index contributed by atoms with van der Waals surface area (Å²) in [5, 5.41) is 24.3. The molecule has 0 unspecified atom stereocenters. The number of halogens is 1. The Morgan fingerprint density at radius 1 is 1.21 bits per heavy atom. The van der Waals surface area contributed by atoms with Crippen molar-refractivity contribution in [1.82, 2.24) is 10.2 Å². The Morgan fingerprint density at radius 2 is 1.79 bits per heavy atom. The molecule has 2 rings (SSSR count). The first-order chi connectivity index (χ1) is 13.4. The molecule has 1 aliphatic heterocycles. The number of aliphatic hydroxyl groups is 2. The number of likely N-dealkylation sites (tertiary alicyclic amines) is 1. The largest absolute Gasteiger partial charge is 0.393 e. The molecule has 1 heterocycles. The highest BCUT2D eigenvalue weighted by Crippen LogP contribution is 2.46. The Labute approximate surface area is 178 Å². The van der Waals surface area contributed by atoms with Crippen LogP contribution in [0.3, 0.4) is 0 Å². The standard InChI is InChI=1S/C22H33ClN2O4/c1-14(2)19(24-18(27)12-15(3)26)20(28)25-11-10-22(29,21(4,5)13-25)16-6-8-17(23)9-7-16/h6-9,14-15,19,26,29H,10-13H2,1-5H3,(H,24,27)/t15-,19+,22-/m0/s1. The van der Waals surface area contributed by atoms with E-state index in [9.17, 15) is 19.8 Å². The second-order valence-electron chi connectivity index (χ2n) is 9.10. The number of piperidine rings is 1. The van der Waals surface area contributed by atoms with E-state index in [1.165, 1.54) is 6.92 Å². The molecule has 0 spiro atoms. The highest BCUT2D eigenvalue weighted by atomic mass is 35.5. The molecule has 2 amide bonds. The van der Waals surface area contributed by atoms with Crippen LogP contribution >= 0.6 is 11.6 Å². The fraction of sp³-hybridized carbons (Fsp3) is 0.636. The van der Waals surface area contributed by atoms with Crippen molar-refractivity contribution in [1.29, 1.82) is 0 Å². The summed E-state index contributed by atoms with van der Waals surface area (Å²) in [4.78, 5) is 27.0. The molecule has 1 aromatic rings. The minimum absolute atomic E-state index is 0.0433. The predicted octanol–water partition coefficient (Wildman–Crippen LogP) is 2.70. The van der Waals surface area contributed by atoms with Crippen LogP contribution in [0.4, 0.5) is 0 Å². The predicted molar refractivity (Wildman–Crippen MR) is 113 cm³/mol. The molecule has 0 radical (unpaired) electrons. The third-order valence-electron chi connectivity index (χ3n) is 5.81. The molecule has 0 saturated carbocycles. The van der Waals surface area contributed by atoms with Crippen molar-refractivity contribution in [3.63, 3.8) is 0 Å². The number of aliphatic hydroxyl groups excluding tert-OH is 1. The molecule has 0 aliphatic carbocycles. The van der Waals surface area contributed by atoms with Gasteiger partial charge in [-0.05, 0) is 37.0 Å². The molecule has 3 atom stereocenters. The van der Waals surface area contributed by atoms with Crippen LogP contribution in [0.15, 0.2) is 24.3 Å². The molecule has 162 valence electrons. The van der Waals surface area contributed by atoms with Crippen molar-refractivity contribution in [2.75, 3.05) is 13.1 Å². The minimum Gasteiger partial charge on any atom is -0.393 e. The normalized spacial score (nSPS) is 23.6. The summed E-state index contributed by atoms with van der Waals surface area (Å²) in [5.41, 5.74) is -0.901. The summed E-state index contributed by atoms with van der Waals surface area (Å²) >= 11 is 5.98. The van der Waals surface area contributed by atoms with Gasteiger partial charge in [0.1, 0.15) is 6.04 Å². The van der Waals surface area contributed by atoms with Gasteiger partial charge in [0.05, 0.1) is 18.1 Å². The Kier molecular flexibility index (Phi) is 7.36. The summed E-state index contributed by atoms with van der Waals surface area (Å²) in [6, 6.07) is 6.51. The number of benzene rings is 1. The SMILES string of the molecule is CC(C)[C@@H](NC(=O)C[C@H](C)O)C(=O)N1CC[C@](O)(c2ccc(Cl)cc2)C(C)(C)C1. The van der Waals surface area contributed by atoms with Gasteiger partial charge in [0, 0.05) is 23.5 Å². The summed E-state index contributed by atoms with van der Waals surface area (Å²) in [5.74, 6) is -0.605. The highest BCUT2D eigenvalue weighted by Gasteiger charge is 2.50. The molecule has 1 saturated heterocycles. The van der Waals surface area contributed by atoms with E-state index in [4.69, 9.17) is 11.6 Å². The second kappa shape index (κ2) is 9.02. The van der Waals surface area contributed by atoms with E-state index in [2.05, 4.69) is 5.32 Å². The van der Waals surface area contributed by atoms with E-state index in [0.717, 1.165) is 5.56 Å². The second-order valence-corrected chi connectivity index (χ2v) is 9.54. The van der Waals surface area contributed by atoms with E-state index in [1.54, 1.807) is 17.0 Å². The first-order valence-corrected chi connectivity index (χ1v) is 10.5. The van der Waals surface area contributed by atoms with Crippen LogP contribution < -0.4 is 5.32 Å². The van der Waals surface area contributed by atoms with E-state index in [0.29, 0.717) is 24.5 Å². The Bertz CT molecular complexity index is 733. The lowest BCUT2D eigenvalue weighted by atomic mass is 9.66. The maximum atomic E-state index is 13.2. The molecule has 1 aliphatic rings. The van der Waals surface area contributed by atoms with E-state index in [-0.39, 0.29) is 24.2 Å². The van der Waals surface area contributed by atoms with Crippen LogP contribution in [0.25, 0.3) is 0 Å². The van der Waals surface area contributed by atoms with Gasteiger partial charge in [-0.15, -0.1) is 0 Å². The Balaban J connectivity index is 2.17. The summed E-state index contributed by atoms with van der Waals surface area (Å²) in [7, 11) is 0. The maximum absolute atomic E-state index is 13.2. The summed E-state index contributed by atoms with van der Waals surface area (Å²) < 4.78 is 0. The van der Waals surface area contributed by atoms with Gasteiger partial charge in [-0.3, -0.25) is 9.59 Å². The topological polar surface area (TPSA) is 89.9 Å². The van der Waals surface area contributed by atoms with Crippen LogP contribution in [-0.2, 0) is 15.2 Å². The number of carbonyl (C=O) groups is 2. The minimum atomic E-state index is -1.09. The van der Waals surface area contributed by atoms with Gasteiger partial charge in [-0.1, -0.05) is 51.4 Å². The van der Waals surface area contributed by atoms with Gasteiger partial charge in [-0.2, -0.15) is 0 Å². The van der Waals surface area contributed by atoms with Crippen molar-refractivity contribution < 1.29 is 19.8 Å². The zero-order valence-corrected chi connectivity index (χ0v) is 18.7. The molecule has 6 nitrogen and oxygen atoms in total. The first kappa shape index (κ1) is 23.6. The lowest BCUT2D eigenvalue weighted by Crippen LogP contribution is -2.60. The van der Waals surface area contributed by atoms with Crippen molar-refractivity contribution in [3.05, 3.63) is 34.9 Å². The molecule has 0 bridgehead atoms. The van der Waals surface area contributed by atoms with Gasteiger partial charge in [0.25, 0.3) is 0 Å². The maximum Gasteiger partial charge on any atom is 0.245 e. The molecule has 0 aromatic heterocycles. The van der Waals surface area contributed by atoms with E-state index in [1.807, 2.05) is 39.8 Å². The molecule has 3 N–H and O–H groups in total. The smallest absolute Gasteiger partial charge is 0.245 e. The zero-order valence-electron chi connectivity index (χ0n) is 17.9. The number of hydrogen-bond donors (Lipinski definition) is 3. The molecule has 1 aromatic carbocycles. The molecule has 1 fully saturated rings. The van der Waals surface area contributed by atoms with Gasteiger partial charge in [-0.25, -0.2) is 0 Å². The number of amides is 2. The molecule has 29 heavy (non-hydrogen) atoms. The third kappa shape index (κ3) is 5.30. The van der Waals surface area contributed by atoms with Crippen LogP contribution in [0, 0.1) is 11.3 Å². The fourth-order valence-corrected chi connectivity index (χ4v) is 4.11. The number of carbonyl (C=O) groups excluding carboxylic acids is 2. The number of rotatable bonds is 6. The first-order valence-electron chi connectivity index (χ1n) is 10.1. The van der Waals surface area contributed by atoms with Crippen molar-refractivity contribution in [3.8, 4) is 0 Å². The monoisotopic (exact) mass is 424 g/mol. The number of nitrogens with one attached hydrogen (secondary N) is 1. The summed E-state index contributed by atoms with van der Waals surface area (Å²) in [6.45, 7) is 9.93. The number of hydrogen-bond acceptors (Lipinski definition) is 4. The zero-order chi connectivity index (χ0) is 22.0. The van der Waals surface area contributed by atoms with E-state index >= 15 is 0 Å². The lowest BCUT2D eigenvalue weighted by Gasteiger charge is -2.51. The molecular weight excluding hydrogens is 392 g/mol. The van der Waals surface area contributed by atoms with Crippen molar-refractivity contribution in [2.45, 2.75) is 65.2 Å². The van der Waals surface area contributed by atoms with Gasteiger partial charge < -0.3 is 20.4 Å². The van der Waals surface area contributed by atoms with E-state index < -0.39 is 23.2 Å². The van der Waals surface area contributed by atoms with Crippen LogP contribution in [-0.4, -0.2) is 52.2 Å². The van der Waals surface area contributed by atoms with Gasteiger partial charge in [0.2, 0.25) is 11.8 Å². The van der Waals surface area contributed by atoms with Crippen molar-refractivity contribution >= 4 is 23.4 Å². The highest BCUT2D eigenvalue weighted by molar-refractivity contribution is 6.30. The number of nitrogens with zero attached hydrogens (tertiary/aromatic N) is 1. The van der Waals surface area contributed by atoms with Crippen LogP contribution in [0.2, 0.25) is 5.02 Å². The average Bonchev–Trinajstić information content (AvgIpc) is 2.61. The fourth-order valence-electron chi connectivity index (χ4n) is 3.98. The lowest BCUT2D eigenvalue weighted by molar-refractivity contribution is -0.156. The summed E-state index contributed by atoms with van der Waals surface area (Å²) in [6.07, 6.45) is -0.417. The van der Waals surface area contributed by atoms with Crippen LogP contribution in [0.5, 0.6) is 0 Å².